The van der Waals surface area contributed by atoms with E-state index in [1.165, 1.54) is 11.3 Å². The van der Waals surface area contributed by atoms with Crippen molar-refractivity contribution in [1.82, 2.24) is 9.88 Å². The van der Waals surface area contributed by atoms with E-state index < -0.39 is 0 Å². The molecule has 1 aliphatic rings. The van der Waals surface area contributed by atoms with Gasteiger partial charge in [-0.25, -0.2) is 0 Å². The number of nitrogens with zero attached hydrogens (tertiary/aromatic N) is 2. The van der Waals surface area contributed by atoms with Crippen molar-refractivity contribution in [2.45, 2.75) is 20.4 Å². The molecule has 0 atom stereocenters. The van der Waals surface area contributed by atoms with Gasteiger partial charge in [0.15, 0.2) is 0 Å². The summed E-state index contributed by atoms with van der Waals surface area (Å²) >= 11 is 3.38. The van der Waals surface area contributed by atoms with E-state index in [0.717, 1.165) is 55.2 Å². The van der Waals surface area contributed by atoms with Crippen LogP contribution in [0, 0.1) is 13.8 Å². The molecule has 1 aliphatic heterocycles. The topological polar surface area (TPSA) is 48.6 Å². The lowest BCUT2D eigenvalue weighted by Crippen LogP contribution is -2.46. The van der Waals surface area contributed by atoms with Gasteiger partial charge in [-0.15, -0.1) is 0 Å². The molecule has 1 fully saturated rings. The van der Waals surface area contributed by atoms with Crippen molar-refractivity contribution in [2.75, 3.05) is 38.2 Å². The molecule has 1 N–H and O–H groups in total. The summed E-state index contributed by atoms with van der Waals surface area (Å²) < 4.78 is 6.19. The number of nitrogens with one attached hydrogen (secondary N) is 1. The second-order valence-corrected chi connectivity index (χ2v) is 8.49. The molecule has 4 rings (SSSR count). The largest absolute Gasteiger partial charge is 0.496 e. The third kappa shape index (κ3) is 4.05. The zero-order valence-corrected chi connectivity index (χ0v) is 18.7. The molecule has 0 aliphatic carbocycles. The first-order valence-electron chi connectivity index (χ1n) is 9.89. The van der Waals surface area contributed by atoms with Gasteiger partial charge in [0.2, 0.25) is 5.43 Å². The number of ether oxygens (including phenoxy) is 1. The average molecular weight is 456 g/mol. The lowest BCUT2D eigenvalue weighted by atomic mass is 10.1. The number of methoxy groups -OCH3 is 1. The molecule has 0 amide bonds. The molecule has 152 valence electrons. The highest BCUT2D eigenvalue weighted by Crippen LogP contribution is 2.27. The molecule has 29 heavy (non-hydrogen) atoms. The van der Waals surface area contributed by atoms with Crippen LogP contribution in [0.2, 0.25) is 0 Å². The summed E-state index contributed by atoms with van der Waals surface area (Å²) in [6, 6.07) is 12.7. The molecule has 3 aromatic rings. The van der Waals surface area contributed by atoms with Crippen LogP contribution in [0.25, 0.3) is 10.9 Å². The van der Waals surface area contributed by atoms with Crippen molar-refractivity contribution in [1.29, 1.82) is 0 Å². The molecule has 6 heteroatoms. The molecular formula is C23H26BrN3O2. The highest BCUT2D eigenvalue weighted by molar-refractivity contribution is 9.10. The monoisotopic (exact) mass is 455 g/mol. The van der Waals surface area contributed by atoms with Gasteiger partial charge in [-0.05, 0) is 54.0 Å². The average Bonchev–Trinajstić information content (AvgIpc) is 2.73. The van der Waals surface area contributed by atoms with E-state index in [9.17, 15) is 4.79 Å². The molecule has 5 nitrogen and oxygen atoms in total. The normalized spacial score (nSPS) is 15.1. The van der Waals surface area contributed by atoms with Gasteiger partial charge in [-0.3, -0.25) is 9.69 Å². The molecule has 1 aromatic heterocycles. The minimum Gasteiger partial charge on any atom is -0.496 e. The Kier molecular flexibility index (Phi) is 5.65. The first-order valence-corrected chi connectivity index (χ1v) is 10.7. The number of aryl methyl sites for hydroxylation is 2. The highest BCUT2D eigenvalue weighted by Gasteiger charge is 2.19. The predicted molar refractivity (Wildman–Crippen MR) is 122 cm³/mol. The van der Waals surface area contributed by atoms with Crippen LogP contribution in [0.5, 0.6) is 5.75 Å². The number of piperazine rings is 1. The Balaban J connectivity index is 1.53. The zero-order chi connectivity index (χ0) is 20.5. The van der Waals surface area contributed by atoms with Crippen LogP contribution in [0.3, 0.4) is 0 Å². The predicted octanol–water partition coefficient (Wildman–Crippen LogP) is 4.24. The van der Waals surface area contributed by atoms with Crippen molar-refractivity contribution in [2.24, 2.45) is 0 Å². The number of hydrogen-bond donors (Lipinski definition) is 1. The Morgan fingerprint density at radius 2 is 1.76 bits per heavy atom. The Morgan fingerprint density at radius 1 is 1.07 bits per heavy atom. The molecular weight excluding hydrogens is 430 g/mol. The fourth-order valence-electron chi connectivity index (χ4n) is 3.94. The highest BCUT2D eigenvalue weighted by atomic mass is 79.9. The van der Waals surface area contributed by atoms with E-state index in [-0.39, 0.29) is 5.43 Å². The summed E-state index contributed by atoms with van der Waals surface area (Å²) in [6.07, 6.45) is 0. The van der Waals surface area contributed by atoms with Gasteiger partial charge in [0, 0.05) is 49.7 Å². The Morgan fingerprint density at radius 3 is 2.41 bits per heavy atom. The summed E-state index contributed by atoms with van der Waals surface area (Å²) in [7, 11) is 1.66. The number of benzene rings is 2. The maximum Gasteiger partial charge on any atom is 0.203 e. The standard InChI is InChI=1S/C23H26BrN3O2/c1-15-4-6-18(7-5-15)27-10-8-26(9-11-27)14-17-12-20-19(13-21(17)29-3)23(28)22(24)16(2)25-20/h4-7,12-13H,8-11,14H2,1-3H3,(H,25,28). The minimum atomic E-state index is -0.00666. The summed E-state index contributed by atoms with van der Waals surface area (Å²) in [5.74, 6) is 0.764. The van der Waals surface area contributed by atoms with Crippen LogP contribution < -0.4 is 15.1 Å². The minimum absolute atomic E-state index is 0.00666. The quantitative estimate of drug-likeness (QED) is 0.638. The van der Waals surface area contributed by atoms with E-state index in [0.29, 0.717) is 9.86 Å². The third-order valence-corrected chi connectivity index (χ3v) is 6.64. The Hall–Kier alpha value is -2.31. The van der Waals surface area contributed by atoms with Crippen molar-refractivity contribution in [3.05, 3.63) is 67.9 Å². The zero-order valence-electron chi connectivity index (χ0n) is 17.1. The number of H-pyrrole nitrogens is 1. The number of aromatic amines is 1. The SMILES string of the molecule is COc1cc2c(=O)c(Br)c(C)[nH]c2cc1CN1CCN(c2ccc(C)cc2)CC1. The molecule has 0 saturated carbocycles. The van der Waals surface area contributed by atoms with Crippen LogP contribution in [0.1, 0.15) is 16.8 Å². The van der Waals surface area contributed by atoms with E-state index in [1.54, 1.807) is 7.11 Å². The molecule has 1 saturated heterocycles. The molecule has 0 radical (unpaired) electrons. The van der Waals surface area contributed by atoms with E-state index in [2.05, 4.69) is 68.0 Å². The van der Waals surface area contributed by atoms with Gasteiger partial charge in [0.05, 0.1) is 22.5 Å². The summed E-state index contributed by atoms with van der Waals surface area (Å²) in [6.45, 7) is 8.81. The van der Waals surface area contributed by atoms with Gasteiger partial charge < -0.3 is 14.6 Å². The van der Waals surface area contributed by atoms with Gasteiger partial charge in [-0.2, -0.15) is 0 Å². The van der Waals surface area contributed by atoms with Crippen molar-refractivity contribution in [3.8, 4) is 5.75 Å². The first kappa shape index (κ1) is 20.0. The molecule has 0 bridgehead atoms. The summed E-state index contributed by atoms with van der Waals surface area (Å²) in [5, 5.41) is 0.646. The van der Waals surface area contributed by atoms with Crippen LogP contribution >= 0.6 is 15.9 Å². The number of anilines is 1. The van der Waals surface area contributed by atoms with E-state index in [4.69, 9.17) is 4.74 Å². The van der Waals surface area contributed by atoms with Crippen LogP contribution in [0.15, 0.2) is 45.7 Å². The van der Waals surface area contributed by atoms with Crippen molar-refractivity contribution >= 4 is 32.5 Å². The van der Waals surface area contributed by atoms with Crippen LogP contribution in [-0.2, 0) is 6.54 Å². The molecule has 0 spiro atoms. The summed E-state index contributed by atoms with van der Waals surface area (Å²) in [4.78, 5) is 20.8. The third-order valence-electron chi connectivity index (χ3n) is 5.68. The number of halogens is 1. The van der Waals surface area contributed by atoms with Crippen LogP contribution in [0.4, 0.5) is 5.69 Å². The van der Waals surface area contributed by atoms with Crippen molar-refractivity contribution in [3.63, 3.8) is 0 Å². The smallest absolute Gasteiger partial charge is 0.203 e. The van der Waals surface area contributed by atoms with E-state index >= 15 is 0 Å². The number of rotatable bonds is 4. The van der Waals surface area contributed by atoms with Gasteiger partial charge >= 0.3 is 0 Å². The van der Waals surface area contributed by atoms with Gasteiger partial charge in [0.1, 0.15) is 5.75 Å². The number of pyridine rings is 1. The Bertz CT molecular complexity index is 1080. The molecule has 2 heterocycles. The summed E-state index contributed by atoms with van der Waals surface area (Å²) in [5.41, 5.74) is 5.36. The van der Waals surface area contributed by atoms with Crippen molar-refractivity contribution < 1.29 is 4.74 Å². The number of aromatic nitrogens is 1. The first-order chi connectivity index (χ1) is 14.0. The van der Waals surface area contributed by atoms with Gasteiger partial charge in [-0.1, -0.05) is 17.7 Å². The maximum atomic E-state index is 12.6. The van der Waals surface area contributed by atoms with E-state index in [1.807, 2.05) is 13.0 Å². The Labute approximate surface area is 179 Å². The fourth-order valence-corrected chi connectivity index (χ4v) is 4.25. The lowest BCUT2D eigenvalue weighted by molar-refractivity contribution is 0.246. The fraction of sp³-hybridized carbons (Fsp3) is 0.348. The second-order valence-electron chi connectivity index (χ2n) is 7.70. The lowest BCUT2D eigenvalue weighted by Gasteiger charge is -2.36. The number of hydrogen-bond acceptors (Lipinski definition) is 4. The van der Waals surface area contributed by atoms with Gasteiger partial charge in [0.25, 0.3) is 0 Å². The number of fused-ring (bicyclic) bond motifs is 1. The molecule has 0 unspecified atom stereocenters. The van der Waals surface area contributed by atoms with Crippen LogP contribution in [-0.4, -0.2) is 43.2 Å². The maximum absolute atomic E-state index is 12.6. The second kappa shape index (κ2) is 8.20. The molecule has 2 aromatic carbocycles.